The van der Waals surface area contributed by atoms with Crippen LogP contribution in [-0.2, 0) is 25.7 Å². The van der Waals surface area contributed by atoms with Crippen molar-refractivity contribution in [2.45, 2.75) is 108 Å². The molecule has 0 amide bonds. The van der Waals surface area contributed by atoms with Crippen LogP contribution in [0.1, 0.15) is 126 Å². The third kappa shape index (κ3) is 10.7. The second-order valence-corrected chi connectivity index (χ2v) is 18.8. The number of rotatable bonds is 22. The number of fused-ring (bicyclic) bond motifs is 4. The van der Waals surface area contributed by atoms with E-state index in [2.05, 4.69) is 69.8 Å². The third-order valence-electron chi connectivity index (χ3n) is 15.3. The predicted octanol–water partition coefficient (Wildman–Crippen LogP) is 9.35. The zero-order valence-corrected chi connectivity index (χ0v) is 41.4. The van der Waals surface area contributed by atoms with Gasteiger partial charge in [-0.2, -0.15) is 0 Å². The lowest BCUT2D eigenvalue weighted by Crippen LogP contribution is -2.36. The molecule has 4 aromatic carbocycles. The van der Waals surface area contributed by atoms with Crippen LogP contribution in [0.5, 0.6) is 46.0 Å². The molecule has 0 radical (unpaired) electrons. The highest BCUT2D eigenvalue weighted by atomic mass is 16.5. The highest BCUT2D eigenvalue weighted by molar-refractivity contribution is 5.52. The Bertz CT molecular complexity index is 2130. The molecule has 0 saturated heterocycles. The highest BCUT2D eigenvalue weighted by Crippen LogP contribution is 2.45. The fourth-order valence-electron chi connectivity index (χ4n) is 11.9. The lowest BCUT2D eigenvalue weighted by atomic mass is 9.77. The van der Waals surface area contributed by atoms with Crippen LogP contribution >= 0.6 is 0 Å². The summed E-state index contributed by atoms with van der Waals surface area (Å²) in [7, 11) is 13.8. The van der Waals surface area contributed by atoms with Crippen molar-refractivity contribution < 1.29 is 37.9 Å². The topological polar surface area (TPSA) is 122 Å². The predicted molar refractivity (Wildman–Crippen MR) is 265 cm³/mol. The molecule has 12 nitrogen and oxygen atoms in total. The average Bonchev–Trinajstić information content (AvgIpc) is 3.37. The number of methoxy groups -OCH3 is 8. The molecule has 12 heteroatoms. The molecule has 0 spiro atoms. The number of hydrogen-bond donors (Lipinski definition) is 4. The molecule has 0 aliphatic carbocycles. The maximum absolute atomic E-state index is 5.90. The second kappa shape index (κ2) is 22.9. The first-order valence-electron chi connectivity index (χ1n) is 24.8. The zero-order chi connectivity index (χ0) is 46.9. The molecule has 364 valence electrons. The molecule has 4 N–H and O–H groups in total. The van der Waals surface area contributed by atoms with Crippen molar-refractivity contribution in [2.24, 2.45) is 11.8 Å². The molecular weight excluding hydrogens is 845 g/mol. The molecule has 8 rings (SSSR count). The van der Waals surface area contributed by atoms with E-state index < -0.39 is 0 Å². The van der Waals surface area contributed by atoms with Gasteiger partial charge in [-0.1, -0.05) is 19.3 Å². The molecule has 0 aromatic heterocycles. The normalized spacial score (nSPS) is 20.5. The molecule has 4 aromatic rings. The number of hydrogen-bond acceptors (Lipinski definition) is 12. The Labute approximate surface area is 399 Å². The Balaban J connectivity index is 1.04. The van der Waals surface area contributed by atoms with Gasteiger partial charge in [0.1, 0.15) is 0 Å². The van der Waals surface area contributed by atoms with Gasteiger partial charge in [-0.05, 0) is 195 Å². The fraction of sp³-hybridized carbons (Fsp3) is 0.564. The lowest BCUT2D eigenvalue weighted by molar-refractivity contribution is 0.253. The third-order valence-corrected chi connectivity index (χ3v) is 15.3. The van der Waals surface area contributed by atoms with Crippen molar-refractivity contribution in [3.8, 4) is 46.0 Å². The van der Waals surface area contributed by atoms with E-state index in [0.717, 1.165) is 156 Å². The first-order chi connectivity index (χ1) is 32.8. The van der Waals surface area contributed by atoms with Gasteiger partial charge < -0.3 is 59.2 Å². The van der Waals surface area contributed by atoms with Gasteiger partial charge in [0.25, 0.3) is 0 Å². The minimum Gasteiger partial charge on any atom is -0.493 e. The van der Waals surface area contributed by atoms with Crippen molar-refractivity contribution >= 4 is 0 Å². The Morgan fingerprint density at radius 1 is 0.358 bits per heavy atom. The van der Waals surface area contributed by atoms with Gasteiger partial charge in [0.15, 0.2) is 46.0 Å². The van der Waals surface area contributed by atoms with Gasteiger partial charge in [0, 0.05) is 24.2 Å². The molecule has 0 fully saturated rings. The standard InChI is InChI=1S/C55H76N4O8/c1-60-46-26-36-18-22-56-44(40(36)30-50(46)64-5)16-10-14-34(54-42-32-52(66-7)48(62-3)28-38(42)20-24-58-54)12-9-13-35(55-43-33-53(67-8)49(63-4)29-39(43)21-25-59-55)15-11-17-45-41-31-51(65-6)47(61-2)27-37(41)19-23-57-45/h26-35,44-45,54-59H,9-25H2,1-8H3. The summed E-state index contributed by atoms with van der Waals surface area (Å²) in [5.74, 6) is 7.24. The summed E-state index contributed by atoms with van der Waals surface area (Å²) in [5.41, 5.74) is 10.8. The summed E-state index contributed by atoms with van der Waals surface area (Å²) in [6, 6.07) is 18.6. The smallest absolute Gasteiger partial charge is 0.161 e. The van der Waals surface area contributed by atoms with Gasteiger partial charge in [0.2, 0.25) is 0 Å². The minimum atomic E-state index is 0.219. The largest absolute Gasteiger partial charge is 0.493 e. The van der Waals surface area contributed by atoms with E-state index in [1.807, 2.05) is 0 Å². The van der Waals surface area contributed by atoms with E-state index in [0.29, 0.717) is 11.8 Å². The number of benzene rings is 4. The minimum absolute atomic E-state index is 0.219. The Hall–Kier alpha value is -4.88. The molecule has 6 unspecified atom stereocenters. The summed E-state index contributed by atoms with van der Waals surface area (Å²) in [6.07, 6.45) is 13.8. The van der Waals surface area contributed by atoms with Crippen molar-refractivity contribution in [3.63, 3.8) is 0 Å². The summed E-state index contributed by atoms with van der Waals surface area (Å²) in [6.45, 7) is 3.80. The maximum Gasteiger partial charge on any atom is 0.161 e. The molecular formula is C55H76N4O8. The van der Waals surface area contributed by atoms with Crippen molar-refractivity contribution in [2.75, 3.05) is 83.1 Å². The van der Waals surface area contributed by atoms with Crippen LogP contribution in [0, 0.1) is 11.8 Å². The first-order valence-corrected chi connectivity index (χ1v) is 24.8. The molecule has 0 bridgehead atoms. The van der Waals surface area contributed by atoms with E-state index in [9.17, 15) is 0 Å². The summed E-state index contributed by atoms with van der Waals surface area (Å²) in [4.78, 5) is 0. The van der Waals surface area contributed by atoms with Crippen molar-refractivity contribution in [1.82, 2.24) is 21.3 Å². The van der Waals surface area contributed by atoms with Crippen LogP contribution in [0.2, 0.25) is 0 Å². The van der Waals surface area contributed by atoms with E-state index >= 15 is 0 Å². The molecule has 0 saturated carbocycles. The van der Waals surface area contributed by atoms with Crippen LogP contribution in [-0.4, -0.2) is 83.1 Å². The lowest BCUT2D eigenvalue weighted by Gasteiger charge is -2.37. The summed E-state index contributed by atoms with van der Waals surface area (Å²) < 4.78 is 46.3. The van der Waals surface area contributed by atoms with Crippen LogP contribution in [0.25, 0.3) is 0 Å². The van der Waals surface area contributed by atoms with Gasteiger partial charge >= 0.3 is 0 Å². The molecule has 4 aliphatic heterocycles. The average molecular weight is 921 g/mol. The van der Waals surface area contributed by atoms with Crippen LogP contribution in [0.3, 0.4) is 0 Å². The van der Waals surface area contributed by atoms with Crippen LogP contribution in [0.15, 0.2) is 48.5 Å². The summed E-state index contributed by atoms with van der Waals surface area (Å²) >= 11 is 0. The molecule has 6 atom stereocenters. The Kier molecular flexibility index (Phi) is 16.6. The van der Waals surface area contributed by atoms with Gasteiger partial charge in [-0.3, -0.25) is 0 Å². The van der Waals surface area contributed by atoms with Crippen molar-refractivity contribution in [1.29, 1.82) is 0 Å². The highest BCUT2D eigenvalue weighted by Gasteiger charge is 2.33. The Morgan fingerprint density at radius 2 is 0.627 bits per heavy atom. The van der Waals surface area contributed by atoms with E-state index in [1.165, 1.54) is 44.5 Å². The SMILES string of the molecule is COc1cc2c(cc1OC)C(CCCC(CCCC(CCCC1NCCc3cc(OC)c(OC)cc31)C1NCCc3cc(OC)c(OC)cc31)C1NCCc3cc(OC)c(OC)cc31)NCC2. The summed E-state index contributed by atoms with van der Waals surface area (Å²) in [5, 5.41) is 15.8. The van der Waals surface area contributed by atoms with Gasteiger partial charge in [-0.15, -0.1) is 0 Å². The zero-order valence-electron chi connectivity index (χ0n) is 41.4. The number of ether oxygens (including phenoxy) is 8. The van der Waals surface area contributed by atoms with Crippen molar-refractivity contribution in [3.05, 3.63) is 93.0 Å². The first kappa shape index (κ1) is 48.6. The van der Waals surface area contributed by atoms with E-state index in [4.69, 9.17) is 37.9 Å². The monoisotopic (exact) mass is 921 g/mol. The molecule has 4 aliphatic rings. The van der Waals surface area contributed by atoms with Crippen LogP contribution in [0.4, 0.5) is 0 Å². The maximum atomic E-state index is 5.90. The van der Waals surface area contributed by atoms with E-state index in [-0.39, 0.29) is 24.2 Å². The fourth-order valence-corrected chi connectivity index (χ4v) is 11.9. The second-order valence-electron chi connectivity index (χ2n) is 18.8. The van der Waals surface area contributed by atoms with E-state index in [1.54, 1.807) is 56.9 Å². The molecule has 67 heavy (non-hydrogen) atoms. The van der Waals surface area contributed by atoms with Crippen LogP contribution < -0.4 is 59.2 Å². The quantitative estimate of drug-likeness (QED) is 0.0601. The number of nitrogens with one attached hydrogen (secondary N) is 4. The van der Waals surface area contributed by atoms with Gasteiger partial charge in [-0.25, -0.2) is 0 Å². The Morgan fingerprint density at radius 3 is 0.955 bits per heavy atom. The molecule has 4 heterocycles. The van der Waals surface area contributed by atoms with Gasteiger partial charge in [0.05, 0.1) is 56.9 Å².